The van der Waals surface area contributed by atoms with Crippen molar-refractivity contribution in [2.45, 2.75) is 0 Å². The largest absolute Gasteiger partial charge is 2.00 e. The molecule has 0 atom stereocenters. The molecule has 0 aromatic heterocycles. The van der Waals surface area contributed by atoms with E-state index in [2.05, 4.69) is 0 Å². The first kappa shape index (κ1) is 10600. The van der Waals surface area contributed by atoms with Gasteiger partial charge in [0.25, 0.3) is 0 Å². The van der Waals surface area contributed by atoms with E-state index >= 15 is 0 Å². The van der Waals surface area contributed by atoms with Crippen molar-refractivity contribution in [2.75, 3.05) is 0 Å². The molecule has 0 amide bonds. The molecule has 0 aliphatic carbocycles. The number of hydrogen-bond acceptors (Lipinski definition) is 0. The monoisotopic (exact) mass is 1160 g/mol. The standard InChI is InChI=1S/11CH3.9Cr.29H2O/h11*1H3;;;;;;;;;;29*1H2/q11*-1;;;;;;;;2*+2;;;;;;;;;;;;;;;;;;;;;;;;;;;;;. The van der Waals surface area contributed by atoms with E-state index in [9.17, 15) is 0 Å². The summed E-state index contributed by atoms with van der Waals surface area (Å²) < 4.78 is 0. The molecule has 58 N–H and O–H groups in total. The van der Waals surface area contributed by atoms with Gasteiger partial charge in [0.1, 0.15) is 0 Å². The van der Waals surface area contributed by atoms with Crippen molar-refractivity contribution in [2.24, 2.45) is 0 Å². The van der Waals surface area contributed by atoms with Gasteiger partial charge in [0.05, 0.1) is 0 Å². The molecule has 0 bridgehead atoms. The molecule has 38 heteroatoms. The van der Waals surface area contributed by atoms with Gasteiger partial charge in [-0.3, -0.25) is 0 Å². The van der Waals surface area contributed by atoms with E-state index in [-0.39, 0.29) is 397 Å². The minimum atomic E-state index is 0. The van der Waals surface area contributed by atoms with E-state index in [1.165, 1.54) is 0 Å². The Labute approximate surface area is 393 Å². The van der Waals surface area contributed by atoms with Crippen LogP contribution in [0.25, 0.3) is 0 Å². The zero-order valence-corrected chi connectivity index (χ0v) is 40.6. The van der Waals surface area contributed by atoms with Crippen LogP contribution in [0.5, 0.6) is 0 Å². The molecule has 0 aromatic carbocycles. The molecular weight excluding hydrogens is 1060 g/mol. The van der Waals surface area contributed by atoms with E-state index in [1.54, 1.807) is 0 Å². The summed E-state index contributed by atoms with van der Waals surface area (Å²) in [5, 5.41) is 0. The second kappa shape index (κ2) is 10000. The predicted molar refractivity (Wildman–Crippen MR) is 175 cm³/mol. The van der Waals surface area contributed by atoms with Crippen LogP contribution in [0.3, 0.4) is 0 Å². The van der Waals surface area contributed by atoms with Crippen LogP contribution < -0.4 is 0 Å². The fourth-order valence-electron chi connectivity index (χ4n) is 0. The zero-order valence-electron chi connectivity index (χ0n) is 29.2. The average molecular weight is 1160 g/mol. The van der Waals surface area contributed by atoms with Gasteiger partial charge in [0.2, 0.25) is 0 Å². The van der Waals surface area contributed by atoms with Crippen LogP contribution in [0.1, 0.15) is 0 Å². The van der Waals surface area contributed by atoms with Crippen LogP contribution in [0.15, 0.2) is 0 Å². The van der Waals surface area contributed by atoms with Gasteiger partial charge in [-0.1, -0.05) is 0 Å². The van der Waals surface area contributed by atoms with Crippen molar-refractivity contribution in [3.63, 3.8) is 0 Å². The topological polar surface area (TPSA) is 914 Å². The molecule has 49 heavy (non-hydrogen) atoms. The van der Waals surface area contributed by atoms with E-state index < -0.39 is 0 Å². The fourth-order valence-corrected chi connectivity index (χ4v) is 0. The third-order valence-corrected chi connectivity index (χ3v) is 0. The van der Waals surface area contributed by atoms with Gasteiger partial charge in [-0.05, 0) is 0 Å². The Balaban J connectivity index is 0. The maximum absolute atomic E-state index is 0. The summed E-state index contributed by atoms with van der Waals surface area (Å²) in [6.45, 7) is 0. The Morgan fingerprint density at radius 1 is 0.0816 bits per heavy atom. The van der Waals surface area contributed by atoms with Crippen molar-refractivity contribution in [1.29, 1.82) is 0 Å². The van der Waals surface area contributed by atoms with Crippen molar-refractivity contribution in [3.05, 3.63) is 81.7 Å². The summed E-state index contributed by atoms with van der Waals surface area (Å²) >= 11 is 0. The molecule has 0 saturated carbocycles. The number of rotatable bonds is 0. The molecule has 0 aromatic rings. The number of hydrogen-bond donors (Lipinski definition) is 0. The molecule has 0 radical (unpaired) electrons. The third-order valence-electron chi connectivity index (χ3n) is 0. The van der Waals surface area contributed by atoms with Gasteiger partial charge < -0.3 is 241 Å². The minimum Gasteiger partial charge on any atom is -0.412 e. The molecule has 0 saturated heterocycles. The molecular formula is C11H91Cr9O29-7. The zero-order chi connectivity index (χ0) is 0. The van der Waals surface area contributed by atoms with Gasteiger partial charge in [-0.15, -0.1) is 0 Å². The smallest absolute Gasteiger partial charge is 0.412 e. The Bertz CT molecular complexity index is 67.7. The first-order valence-corrected chi connectivity index (χ1v) is 0. The van der Waals surface area contributed by atoms with Crippen LogP contribution in [0, 0.1) is 81.7 Å². The van der Waals surface area contributed by atoms with E-state index in [1.807, 2.05) is 0 Å². The second-order valence-corrected chi connectivity index (χ2v) is 0. The first-order chi connectivity index (χ1) is 0. The molecule has 0 fully saturated rings. The molecule has 0 aliphatic heterocycles. The van der Waals surface area contributed by atoms with Crippen LogP contribution >= 0.6 is 0 Å². The van der Waals surface area contributed by atoms with Crippen molar-refractivity contribution >= 4 is 0 Å². The van der Waals surface area contributed by atoms with Gasteiger partial charge in [-0.2, -0.15) is 0 Å². The van der Waals surface area contributed by atoms with Crippen molar-refractivity contribution < 1.29 is 315 Å². The minimum absolute atomic E-state index is 0. The summed E-state index contributed by atoms with van der Waals surface area (Å²) in [5.74, 6) is 0. The molecule has 0 aliphatic rings. The Hall–Kier alpha value is 3.63. The van der Waals surface area contributed by atoms with E-state index in [0.717, 1.165) is 0 Å². The summed E-state index contributed by atoms with van der Waals surface area (Å²) in [5.41, 5.74) is 0. The predicted octanol–water partition coefficient (Wildman–Crippen LogP) is -19.0. The third kappa shape index (κ3) is 9640. The summed E-state index contributed by atoms with van der Waals surface area (Å²) in [6.07, 6.45) is 0. The average Bonchev–Trinajstić information content (AvgIpc) is 0. The van der Waals surface area contributed by atoms with Crippen LogP contribution in [0.2, 0.25) is 0 Å². The molecule has 29 nitrogen and oxygen atoms in total. The summed E-state index contributed by atoms with van der Waals surface area (Å²) in [4.78, 5) is 0. The summed E-state index contributed by atoms with van der Waals surface area (Å²) in [6, 6.07) is 0. The second-order valence-electron chi connectivity index (χ2n) is 0. The van der Waals surface area contributed by atoms with Gasteiger partial charge in [0, 0.05) is 122 Å². The molecule has 0 heterocycles. The molecule has 0 rings (SSSR count). The van der Waals surface area contributed by atoms with Crippen LogP contribution in [-0.2, 0) is 156 Å². The van der Waals surface area contributed by atoms with E-state index in [0.29, 0.717) is 0 Å². The van der Waals surface area contributed by atoms with Crippen molar-refractivity contribution in [1.82, 2.24) is 0 Å². The Kier molecular flexibility index (Phi) is 2180000. The molecule has 0 spiro atoms. The quantitative estimate of drug-likeness (QED) is 0.204. The maximum Gasteiger partial charge on any atom is 2.00 e. The van der Waals surface area contributed by atoms with Crippen LogP contribution in [-0.4, -0.2) is 159 Å². The Morgan fingerprint density at radius 2 is 0.0816 bits per heavy atom. The molecule has 0 unspecified atom stereocenters. The summed E-state index contributed by atoms with van der Waals surface area (Å²) in [7, 11) is 0. The first-order valence-electron chi connectivity index (χ1n) is 0. The maximum atomic E-state index is 0. The van der Waals surface area contributed by atoms with Gasteiger partial charge in [0.15, 0.2) is 0 Å². The van der Waals surface area contributed by atoms with Gasteiger partial charge in [-0.25, -0.2) is 0 Å². The Morgan fingerprint density at radius 3 is 0.0816 bits per heavy atom. The SMILES string of the molecule is O.O.O.O.O.O.O.O.O.O.O.O.O.O.O.O.O.O.O.O.O.O.O.O.O.O.O.O.O.[CH3-].[CH3-].[CH3-].[CH3-].[CH3-].[CH3-].[CH3-].[CH3-].[CH3-].[CH3-].[CH3-].[Cr+2].[Cr+2].[Cr].[Cr].[Cr].[Cr].[Cr].[Cr].[Cr]. The molecule has 370 valence electrons. The normalized spacial score (nSPS) is 0. The van der Waals surface area contributed by atoms with Gasteiger partial charge >= 0.3 is 34.7 Å². The van der Waals surface area contributed by atoms with Crippen LogP contribution in [0.4, 0.5) is 0 Å². The fraction of sp³-hybridized carbons (Fsp3) is 0. The van der Waals surface area contributed by atoms with E-state index in [4.69, 9.17) is 0 Å². The van der Waals surface area contributed by atoms with Crippen molar-refractivity contribution in [3.8, 4) is 0 Å².